The Kier molecular flexibility index (Phi) is 5.52. The van der Waals surface area contributed by atoms with Crippen molar-refractivity contribution >= 4 is 12.2 Å². The van der Waals surface area contributed by atoms with Crippen LogP contribution in [-0.2, 0) is 16.1 Å². The van der Waals surface area contributed by atoms with E-state index in [9.17, 15) is 9.18 Å². The van der Waals surface area contributed by atoms with E-state index in [1.165, 1.54) is 18.3 Å². The van der Waals surface area contributed by atoms with Crippen molar-refractivity contribution in [1.82, 2.24) is 0 Å². The molecule has 4 nitrogen and oxygen atoms in total. The first kappa shape index (κ1) is 13.8. The van der Waals surface area contributed by atoms with Gasteiger partial charge in [-0.15, -0.1) is 0 Å². The molecular weight excluding hydrogens is 235 g/mol. The first-order valence-corrected chi connectivity index (χ1v) is 5.48. The molecule has 0 saturated heterocycles. The number of halogens is 1. The van der Waals surface area contributed by atoms with E-state index < -0.39 is 11.9 Å². The minimum Gasteiger partial charge on any atom is -0.465 e. The summed E-state index contributed by atoms with van der Waals surface area (Å²) in [5.74, 6) is -1.92. The van der Waals surface area contributed by atoms with Crippen molar-refractivity contribution in [3.63, 3.8) is 0 Å². The summed E-state index contributed by atoms with van der Waals surface area (Å²) in [6, 6.07) is 7.65. The molecule has 0 spiro atoms. The number of carbonyl (C=O) groups excluding carboxylic acids is 1. The molecule has 0 aromatic heterocycles. The van der Waals surface area contributed by atoms with Crippen molar-refractivity contribution in [3.05, 3.63) is 35.6 Å². The van der Waals surface area contributed by atoms with Gasteiger partial charge in [0.25, 0.3) is 0 Å². The molecule has 0 amide bonds. The fraction of sp³-hybridized carbons (Fsp3) is 0.308. The number of nitrogens with zero attached hydrogens (tertiary/aromatic N) is 2. The Hall–Kier alpha value is -2.22. The van der Waals surface area contributed by atoms with Crippen molar-refractivity contribution < 1.29 is 13.9 Å². The second kappa shape index (κ2) is 7.17. The van der Waals surface area contributed by atoms with Gasteiger partial charge in [0.1, 0.15) is 5.82 Å². The second-order valence-corrected chi connectivity index (χ2v) is 3.48. The van der Waals surface area contributed by atoms with Crippen LogP contribution in [0.3, 0.4) is 0 Å². The first-order chi connectivity index (χ1) is 8.67. The molecule has 1 aromatic rings. The van der Waals surface area contributed by atoms with Gasteiger partial charge in [-0.25, -0.2) is 4.39 Å². The van der Waals surface area contributed by atoms with Crippen LogP contribution < -0.4 is 0 Å². The van der Waals surface area contributed by atoms with Crippen LogP contribution in [-0.4, -0.2) is 18.8 Å². The summed E-state index contributed by atoms with van der Waals surface area (Å²) < 4.78 is 17.4. The Morgan fingerprint density at radius 1 is 1.56 bits per heavy atom. The summed E-state index contributed by atoms with van der Waals surface area (Å²) in [7, 11) is 0. The highest BCUT2D eigenvalue weighted by Crippen LogP contribution is 2.04. The van der Waals surface area contributed by atoms with E-state index in [4.69, 9.17) is 10.00 Å². The first-order valence-electron chi connectivity index (χ1n) is 5.48. The zero-order chi connectivity index (χ0) is 13.4. The maximum absolute atomic E-state index is 12.6. The van der Waals surface area contributed by atoms with Gasteiger partial charge in [-0.3, -0.25) is 9.79 Å². The fourth-order valence-corrected chi connectivity index (χ4v) is 1.23. The van der Waals surface area contributed by atoms with Crippen molar-refractivity contribution in [1.29, 1.82) is 5.26 Å². The molecule has 5 heteroatoms. The number of rotatable bonds is 5. The van der Waals surface area contributed by atoms with Gasteiger partial charge in [0.15, 0.2) is 5.92 Å². The molecule has 94 valence electrons. The minimum atomic E-state index is -0.995. The minimum absolute atomic E-state index is 0.225. The average molecular weight is 248 g/mol. The standard InChI is InChI=1S/C13H13FN2O2/c1-2-18-13(17)11(7-15)9-16-8-10-3-5-12(14)6-4-10/h3-6,9,11H,2,8H2,1H3/t11-/m1/s1. The number of carbonyl (C=O) groups is 1. The van der Waals surface area contributed by atoms with Gasteiger partial charge in [0, 0.05) is 6.21 Å². The highest BCUT2D eigenvalue weighted by atomic mass is 19.1. The van der Waals surface area contributed by atoms with Gasteiger partial charge in [0.2, 0.25) is 0 Å². The van der Waals surface area contributed by atoms with E-state index in [0.29, 0.717) is 0 Å². The Bertz CT molecular complexity index is 463. The molecule has 0 aliphatic heterocycles. The zero-order valence-corrected chi connectivity index (χ0v) is 9.97. The van der Waals surface area contributed by atoms with Crippen molar-refractivity contribution in [2.75, 3.05) is 6.61 Å². The van der Waals surface area contributed by atoms with Gasteiger partial charge < -0.3 is 4.74 Å². The molecule has 1 atom stereocenters. The highest BCUT2D eigenvalue weighted by Gasteiger charge is 2.15. The quantitative estimate of drug-likeness (QED) is 0.592. The maximum atomic E-state index is 12.6. The predicted octanol–water partition coefficient (Wildman–Crippen LogP) is 2.10. The summed E-state index contributed by atoms with van der Waals surface area (Å²) >= 11 is 0. The number of ether oxygens (including phenoxy) is 1. The van der Waals surface area contributed by atoms with E-state index in [2.05, 4.69) is 4.99 Å². The third-order valence-electron chi connectivity index (χ3n) is 2.12. The third-order valence-corrected chi connectivity index (χ3v) is 2.12. The summed E-state index contributed by atoms with van der Waals surface area (Å²) in [5, 5.41) is 8.76. The number of benzene rings is 1. The van der Waals surface area contributed by atoms with Gasteiger partial charge >= 0.3 is 5.97 Å². The van der Waals surface area contributed by atoms with Crippen LogP contribution in [0.25, 0.3) is 0 Å². The number of aliphatic imine (C=N–C) groups is 1. The van der Waals surface area contributed by atoms with Crippen LogP contribution in [0, 0.1) is 23.1 Å². The Labute approximate surface area is 105 Å². The summed E-state index contributed by atoms with van der Waals surface area (Å²) in [4.78, 5) is 15.3. The molecule has 1 aromatic carbocycles. The lowest BCUT2D eigenvalue weighted by atomic mass is 10.2. The van der Waals surface area contributed by atoms with E-state index in [1.807, 2.05) is 0 Å². The SMILES string of the molecule is CCOC(=O)[C@H](C#N)C=NCc1ccc(F)cc1. The summed E-state index contributed by atoms with van der Waals surface area (Å²) in [6.07, 6.45) is 1.25. The maximum Gasteiger partial charge on any atom is 0.328 e. The largest absolute Gasteiger partial charge is 0.465 e. The topological polar surface area (TPSA) is 62.5 Å². The van der Waals surface area contributed by atoms with Crippen LogP contribution >= 0.6 is 0 Å². The predicted molar refractivity (Wildman–Crippen MR) is 64.3 cm³/mol. The smallest absolute Gasteiger partial charge is 0.328 e. The van der Waals surface area contributed by atoms with Crippen LogP contribution in [0.2, 0.25) is 0 Å². The van der Waals surface area contributed by atoms with Crippen LogP contribution in [0.4, 0.5) is 4.39 Å². The van der Waals surface area contributed by atoms with Crippen molar-refractivity contribution in [2.24, 2.45) is 10.9 Å². The second-order valence-electron chi connectivity index (χ2n) is 3.48. The Morgan fingerprint density at radius 2 is 2.22 bits per heavy atom. The molecule has 0 bridgehead atoms. The molecule has 0 N–H and O–H groups in total. The monoisotopic (exact) mass is 248 g/mol. The fourth-order valence-electron chi connectivity index (χ4n) is 1.23. The van der Waals surface area contributed by atoms with Crippen molar-refractivity contribution in [2.45, 2.75) is 13.5 Å². The van der Waals surface area contributed by atoms with Gasteiger partial charge in [-0.05, 0) is 24.6 Å². The lowest BCUT2D eigenvalue weighted by Crippen LogP contribution is -2.17. The van der Waals surface area contributed by atoms with Crippen LogP contribution in [0.5, 0.6) is 0 Å². The van der Waals surface area contributed by atoms with Crippen LogP contribution in [0.1, 0.15) is 12.5 Å². The molecule has 0 aliphatic rings. The lowest BCUT2D eigenvalue weighted by molar-refractivity contribution is -0.143. The zero-order valence-electron chi connectivity index (χ0n) is 9.97. The molecule has 0 heterocycles. The molecule has 0 unspecified atom stereocenters. The van der Waals surface area contributed by atoms with E-state index in [1.54, 1.807) is 25.1 Å². The number of esters is 1. The molecule has 0 fully saturated rings. The Morgan fingerprint density at radius 3 is 2.78 bits per heavy atom. The number of hydrogen-bond acceptors (Lipinski definition) is 4. The average Bonchev–Trinajstić information content (AvgIpc) is 2.37. The van der Waals surface area contributed by atoms with Gasteiger partial charge in [-0.2, -0.15) is 5.26 Å². The Balaban J connectivity index is 2.55. The van der Waals surface area contributed by atoms with Gasteiger partial charge in [-0.1, -0.05) is 12.1 Å². The van der Waals surface area contributed by atoms with Crippen LogP contribution in [0.15, 0.2) is 29.3 Å². The summed E-state index contributed by atoms with van der Waals surface area (Å²) in [5.41, 5.74) is 0.799. The van der Waals surface area contributed by atoms with Gasteiger partial charge in [0.05, 0.1) is 19.2 Å². The molecule has 0 saturated carbocycles. The molecule has 0 aliphatic carbocycles. The van der Waals surface area contributed by atoms with Crippen molar-refractivity contribution in [3.8, 4) is 6.07 Å². The normalized spacial score (nSPS) is 12.1. The summed E-state index contributed by atoms with van der Waals surface area (Å²) in [6.45, 7) is 2.18. The molecule has 1 rings (SSSR count). The van der Waals surface area contributed by atoms with E-state index >= 15 is 0 Å². The molecule has 18 heavy (non-hydrogen) atoms. The van der Waals surface area contributed by atoms with E-state index in [-0.39, 0.29) is 19.0 Å². The molecular formula is C13H13FN2O2. The third kappa shape index (κ3) is 4.34. The number of nitriles is 1. The number of hydrogen-bond donors (Lipinski definition) is 0. The van der Waals surface area contributed by atoms with E-state index in [0.717, 1.165) is 5.56 Å². The highest BCUT2D eigenvalue weighted by molar-refractivity contribution is 5.92. The lowest BCUT2D eigenvalue weighted by Gasteiger charge is -2.02. The molecule has 0 radical (unpaired) electrons.